The van der Waals surface area contributed by atoms with Crippen molar-refractivity contribution in [2.75, 3.05) is 5.32 Å². The molecule has 1 aliphatic rings. The Morgan fingerprint density at radius 1 is 1.11 bits per heavy atom. The molecular weight excluding hydrogens is 234 g/mol. The van der Waals surface area contributed by atoms with E-state index in [1.165, 1.54) is 27.9 Å². The number of benzene rings is 2. The molecule has 0 saturated carbocycles. The molecule has 1 atom stereocenters. The maximum atomic E-state index is 9.53. The van der Waals surface area contributed by atoms with E-state index in [1.54, 1.807) is 6.07 Å². The van der Waals surface area contributed by atoms with Gasteiger partial charge in [0, 0.05) is 5.69 Å². The molecule has 2 nitrogen and oxygen atoms in total. The van der Waals surface area contributed by atoms with Gasteiger partial charge in [0.15, 0.2) is 0 Å². The number of phenolic OH excluding ortho intramolecular Hbond substituents is 1. The molecular formula is C17H19NO. The molecule has 0 bridgehead atoms. The Bertz CT molecular complexity index is 619. The van der Waals surface area contributed by atoms with Crippen LogP contribution in [0, 0.1) is 13.8 Å². The number of aryl methyl sites for hydroxylation is 3. The van der Waals surface area contributed by atoms with Gasteiger partial charge in [-0.05, 0) is 61.6 Å². The number of hydrogen-bond acceptors (Lipinski definition) is 2. The summed E-state index contributed by atoms with van der Waals surface area (Å²) < 4.78 is 0. The summed E-state index contributed by atoms with van der Waals surface area (Å²) in [5.41, 5.74) is 6.36. The van der Waals surface area contributed by atoms with Crippen LogP contribution in [0.4, 0.5) is 5.69 Å². The van der Waals surface area contributed by atoms with Crippen molar-refractivity contribution in [3.8, 4) is 5.75 Å². The van der Waals surface area contributed by atoms with E-state index in [2.05, 4.69) is 37.4 Å². The first-order chi connectivity index (χ1) is 9.13. The highest BCUT2D eigenvalue weighted by molar-refractivity contribution is 5.55. The summed E-state index contributed by atoms with van der Waals surface area (Å²) in [6.07, 6.45) is 2.12. The number of aromatic hydroxyl groups is 1. The topological polar surface area (TPSA) is 32.3 Å². The lowest BCUT2D eigenvalue weighted by Crippen LogP contribution is -2.08. The lowest BCUT2D eigenvalue weighted by Gasteiger charge is -2.17. The molecule has 0 aliphatic heterocycles. The molecule has 0 fully saturated rings. The van der Waals surface area contributed by atoms with Crippen LogP contribution >= 0.6 is 0 Å². The highest BCUT2D eigenvalue weighted by Gasteiger charge is 2.22. The van der Waals surface area contributed by atoms with E-state index < -0.39 is 0 Å². The van der Waals surface area contributed by atoms with Gasteiger partial charge < -0.3 is 10.4 Å². The van der Waals surface area contributed by atoms with E-state index in [0.29, 0.717) is 11.8 Å². The van der Waals surface area contributed by atoms with Gasteiger partial charge in [0.1, 0.15) is 5.75 Å². The molecule has 0 heterocycles. The summed E-state index contributed by atoms with van der Waals surface area (Å²) in [5.74, 6) is 0.367. The van der Waals surface area contributed by atoms with Gasteiger partial charge >= 0.3 is 0 Å². The zero-order valence-electron chi connectivity index (χ0n) is 11.4. The Morgan fingerprint density at radius 2 is 1.95 bits per heavy atom. The van der Waals surface area contributed by atoms with Crippen LogP contribution in [0.25, 0.3) is 0 Å². The van der Waals surface area contributed by atoms with Gasteiger partial charge in [-0.25, -0.2) is 0 Å². The highest BCUT2D eigenvalue weighted by Crippen LogP contribution is 2.36. The largest absolute Gasteiger partial charge is 0.508 e. The Balaban J connectivity index is 1.86. The Labute approximate surface area is 114 Å². The standard InChI is InChI=1S/C17H19NO/c1-11-3-7-16(12(2)9-11)18-17-8-4-13-10-14(19)5-6-15(13)17/h3,5-7,9-10,17-19H,4,8H2,1-2H3. The van der Waals surface area contributed by atoms with Gasteiger partial charge in [-0.1, -0.05) is 23.8 Å². The van der Waals surface area contributed by atoms with Crippen molar-refractivity contribution in [1.82, 2.24) is 0 Å². The third-order valence-electron chi connectivity index (χ3n) is 3.92. The number of hydrogen-bond donors (Lipinski definition) is 2. The SMILES string of the molecule is Cc1ccc(NC2CCc3cc(O)ccc32)c(C)c1. The minimum absolute atomic E-state index is 0.358. The predicted octanol–water partition coefficient (Wildman–Crippen LogP) is 4.11. The molecule has 2 aromatic carbocycles. The number of anilines is 1. The first-order valence-corrected chi connectivity index (χ1v) is 6.79. The highest BCUT2D eigenvalue weighted by atomic mass is 16.3. The van der Waals surface area contributed by atoms with Crippen molar-refractivity contribution in [3.05, 3.63) is 58.7 Å². The van der Waals surface area contributed by atoms with Crippen molar-refractivity contribution >= 4 is 5.69 Å². The van der Waals surface area contributed by atoms with Crippen molar-refractivity contribution in [3.63, 3.8) is 0 Å². The third-order valence-corrected chi connectivity index (χ3v) is 3.92. The second kappa shape index (κ2) is 4.61. The van der Waals surface area contributed by atoms with Crippen molar-refractivity contribution < 1.29 is 5.11 Å². The summed E-state index contributed by atoms with van der Waals surface area (Å²) >= 11 is 0. The first-order valence-electron chi connectivity index (χ1n) is 6.79. The van der Waals surface area contributed by atoms with Crippen LogP contribution < -0.4 is 5.32 Å². The summed E-state index contributed by atoms with van der Waals surface area (Å²) in [5, 5.41) is 13.2. The number of nitrogens with one attached hydrogen (secondary N) is 1. The molecule has 3 rings (SSSR count). The van der Waals surface area contributed by atoms with Crippen LogP contribution in [0.3, 0.4) is 0 Å². The summed E-state index contributed by atoms with van der Waals surface area (Å²) in [6, 6.07) is 12.6. The van der Waals surface area contributed by atoms with Crippen molar-refractivity contribution in [2.24, 2.45) is 0 Å². The van der Waals surface area contributed by atoms with E-state index in [-0.39, 0.29) is 0 Å². The monoisotopic (exact) mass is 253 g/mol. The second-order valence-corrected chi connectivity index (χ2v) is 5.44. The lowest BCUT2D eigenvalue weighted by atomic mass is 10.1. The molecule has 2 aromatic rings. The average molecular weight is 253 g/mol. The maximum Gasteiger partial charge on any atom is 0.115 e. The normalized spacial score (nSPS) is 17.3. The van der Waals surface area contributed by atoms with E-state index in [9.17, 15) is 5.11 Å². The molecule has 19 heavy (non-hydrogen) atoms. The number of fused-ring (bicyclic) bond motifs is 1. The van der Waals surface area contributed by atoms with E-state index >= 15 is 0 Å². The maximum absolute atomic E-state index is 9.53. The van der Waals surface area contributed by atoms with Gasteiger partial charge in [-0.15, -0.1) is 0 Å². The molecule has 2 N–H and O–H groups in total. The zero-order chi connectivity index (χ0) is 13.4. The quantitative estimate of drug-likeness (QED) is 0.844. The summed E-state index contributed by atoms with van der Waals surface area (Å²) in [7, 11) is 0. The molecule has 0 saturated heterocycles. The Kier molecular flexibility index (Phi) is 2.94. The molecule has 0 radical (unpaired) electrons. The van der Waals surface area contributed by atoms with Crippen LogP contribution in [-0.2, 0) is 6.42 Å². The Hall–Kier alpha value is -1.96. The summed E-state index contributed by atoms with van der Waals surface area (Å²) in [4.78, 5) is 0. The van der Waals surface area contributed by atoms with Crippen LogP contribution in [0.1, 0.15) is 34.7 Å². The van der Waals surface area contributed by atoms with Crippen LogP contribution in [-0.4, -0.2) is 5.11 Å². The fourth-order valence-corrected chi connectivity index (χ4v) is 2.92. The molecule has 1 unspecified atom stereocenters. The van der Waals surface area contributed by atoms with Crippen molar-refractivity contribution in [1.29, 1.82) is 0 Å². The minimum Gasteiger partial charge on any atom is -0.508 e. The van der Waals surface area contributed by atoms with E-state index in [1.807, 2.05) is 12.1 Å². The molecule has 0 amide bonds. The molecule has 98 valence electrons. The fraction of sp³-hybridized carbons (Fsp3) is 0.294. The molecule has 0 aromatic heterocycles. The van der Waals surface area contributed by atoms with Gasteiger partial charge in [0.25, 0.3) is 0 Å². The zero-order valence-corrected chi connectivity index (χ0v) is 11.4. The van der Waals surface area contributed by atoms with Crippen LogP contribution in [0.2, 0.25) is 0 Å². The van der Waals surface area contributed by atoms with Gasteiger partial charge in [0.05, 0.1) is 6.04 Å². The third kappa shape index (κ3) is 2.30. The molecule has 2 heteroatoms. The van der Waals surface area contributed by atoms with Gasteiger partial charge in [-0.3, -0.25) is 0 Å². The van der Waals surface area contributed by atoms with Crippen molar-refractivity contribution in [2.45, 2.75) is 32.7 Å². The number of phenols is 1. The molecule has 1 aliphatic carbocycles. The first kappa shape index (κ1) is 12.1. The van der Waals surface area contributed by atoms with E-state index in [0.717, 1.165) is 12.8 Å². The van der Waals surface area contributed by atoms with Crippen LogP contribution in [0.5, 0.6) is 5.75 Å². The summed E-state index contributed by atoms with van der Waals surface area (Å²) in [6.45, 7) is 4.26. The molecule has 0 spiro atoms. The van der Waals surface area contributed by atoms with Gasteiger partial charge in [0.2, 0.25) is 0 Å². The minimum atomic E-state index is 0.358. The number of rotatable bonds is 2. The van der Waals surface area contributed by atoms with E-state index in [4.69, 9.17) is 0 Å². The predicted molar refractivity (Wildman–Crippen MR) is 78.7 cm³/mol. The van der Waals surface area contributed by atoms with Gasteiger partial charge in [-0.2, -0.15) is 0 Å². The smallest absolute Gasteiger partial charge is 0.115 e. The average Bonchev–Trinajstić information content (AvgIpc) is 2.75. The second-order valence-electron chi connectivity index (χ2n) is 5.44. The fourth-order valence-electron chi connectivity index (χ4n) is 2.92. The lowest BCUT2D eigenvalue weighted by molar-refractivity contribution is 0.474. The Morgan fingerprint density at radius 3 is 2.74 bits per heavy atom. The van der Waals surface area contributed by atoms with Crippen LogP contribution in [0.15, 0.2) is 36.4 Å².